The maximum atomic E-state index is 14.8. The highest BCUT2D eigenvalue weighted by Gasteiger charge is 2.58. The molecule has 3 fully saturated rings. The number of nitrogens with zero attached hydrogens (tertiary/aromatic N) is 2. The Balaban J connectivity index is 1.21. The van der Waals surface area contributed by atoms with E-state index in [0.717, 1.165) is 32.1 Å². The molecule has 0 bridgehead atoms. The van der Waals surface area contributed by atoms with Crippen LogP contribution in [0.25, 0.3) is 0 Å². The Labute approximate surface area is 231 Å². The fourth-order valence-electron chi connectivity index (χ4n) is 6.31. The summed E-state index contributed by atoms with van der Waals surface area (Å²) in [7, 11) is 0. The number of ether oxygens (including phenoxy) is 1. The van der Waals surface area contributed by atoms with Crippen LogP contribution in [0.4, 0.5) is 26.3 Å². The number of rotatable bonds is 9. The Bertz CT molecular complexity index is 1030. The Hall–Kier alpha value is -2.01. The van der Waals surface area contributed by atoms with Crippen LogP contribution in [0, 0.1) is 29.5 Å². The molecular formula is C29H40F6N2O3. The topological polar surface area (TPSA) is 53.0 Å². The average Bonchev–Trinajstić information content (AvgIpc) is 3.66. The summed E-state index contributed by atoms with van der Waals surface area (Å²) in [5.41, 5.74) is -0.942. The fourth-order valence-corrected chi connectivity index (χ4v) is 6.31. The molecule has 1 N–H and O–H groups in total. The van der Waals surface area contributed by atoms with Gasteiger partial charge in [0.2, 0.25) is 0 Å². The van der Waals surface area contributed by atoms with Crippen molar-refractivity contribution >= 4 is 5.91 Å². The lowest BCUT2D eigenvalue weighted by atomic mass is 9.84. The van der Waals surface area contributed by atoms with Crippen LogP contribution in [0.2, 0.25) is 0 Å². The van der Waals surface area contributed by atoms with Crippen LogP contribution in [-0.4, -0.2) is 77.8 Å². The Morgan fingerprint density at radius 1 is 1.05 bits per heavy atom. The number of amides is 1. The highest BCUT2D eigenvalue weighted by atomic mass is 19.4. The van der Waals surface area contributed by atoms with Crippen molar-refractivity contribution in [2.45, 2.75) is 76.5 Å². The smallest absolute Gasteiger partial charge is 0.454 e. The van der Waals surface area contributed by atoms with Crippen molar-refractivity contribution < 1.29 is 41.0 Å². The van der Waals surface area contributed by atoms with E-state index < -0.39 is 36.0 Å². The van der Waals surface area contributed by atoms with Gasteiger partial charge in [0.05, 0.1) is 24.3 Å². The summed E-state index contributed by atoms with van der Waals surface area (Å²) in [5, 5.41) is 10.3. The summed E-state index contributed by atoms with van der Waals surface area (Å²) in [6.45, 7) is 3.89. The van der Waals surface area contributed by atoms with Gasteiger partial charge in [-0.2, -0.15) is 22.0 Å². The number of carbonyl (C=O) groups excluding carboxylic acids is 1. The van der Waals surface area contributed by atoms with E-state index in [-0.39, 0.29) is 24.6 Å². The summed E-state index contributed by atoms with van der Waals surface area (Å²) in [6.07, 6.45) is -0.259. The van der Waals surface area contributed by atoms with Gasteiger partial charge in [-0.25, -0.2) is 4.39 Å². The number of likely N-dealkylation sites (tertiary alicyclic amines) is 2. The van der Waals surface area contributed by atoms with E-state index in [0.29, 0.717) is 56.0 Å². The van der Waals surface area contributed by atoms with Crippen LogP contribution >= 0.6 is 0 Å². The fraction of sp³-hybridized carbons (Fsp3) is 0.759. The zero-order valence-corrected chi connectivity index (χ0v) is 23.2. The summed E-state index contributed by atoms with van der Waals surface area (Å²) >= 11 is 0. The number of carbonyl (C=O) groups is 1. The van der Waals surface area contributed by atoms with E-state index >= 15 is 0 Å². The first kappa shape index (κ1) is 30.9. The van der Waals surface area contributed by atoms with Gasteiger partial charge in [-0.1, -0.05) is 0 Å². The molecule has 5 nitrogen and oxygen atoms in total. The van der Waals surface area contributed by atoms with Crippen LogP contribution in [0.15, 0.2) is 18.2 Å². The lowest BCUT2D eigenvalue weighted by Crippen LogP contribution is -2.47. The van der Waals surface area contributed by atoms with Gasteiger partial charge in [0.15, 0.2) is 0 Å². The molecule has 11 heteroatoms. The Morgan fingerprint density at radius 2 is 1.77 bits per heavy atom. The maximum Gasteiger partial charge on any atom is 0.454 e. The first-order valence-electron chi connectivity index (χ1n) is 14.3. The average molecular weight is 579 g/mol. The minimum absolute atomic E-state index is 0.0265. The summed E-state index contributed by atoms with van der Waals surface area (Å²) in [4.78, 5) is 15.8. The van der Waals surface area contributed by atoms with Gasteiger partial charge in [0.25, 0.3) is 5.91 Å². The van der Waals surface area contributed by atoms with Crippen LogP contribution in [-0.2, 0) is 0 Å². The maximum absolute atomic E-state index is 14.8. The molecule has 4 rings (SSSR count). The second-order valence-corrected chi connectivity index (χ2v) is 12.4. The quantitative estimate of drug-likeness (QED) is 0.357. The SMILES string of the molecule is CC(C)(O)C1CCCN(C(=O)c2ccc(OCC[C@@H]3C[C@@H]3C3CCCN(CC(F)(F)C(F)(F)F)CC3)cc2F)C1. The van der Waals surface area contributed by atoms with E-state index in [4.69, 9.17) is 4.74 Å². The molecule has 1 aromatic carbocycles. The lowest BCUT2D eigenvalue weighted by Gasteiger charge is -2.38. The van der Waals surface area contributed by atoms with E-state index in [9.17, 15) is 36.2 Å². The monoisotopic (exact) mass is 578 g/mol. The molecule has 0 spiro atoms. The molecule has 4 atom stereocenters. The number of aliphatic hydroxyl groups is 1. The molecule has 226 valence electrons. The van der Waals surface area contributed by atoms with Crippen molar-refractivity contribution in [3.05, 3.63) is 29.6 Å². The third kappa shape index (κ3) is 7.63. The van der Waals surface area contributed by atoms with Gasteiger partial charge in [0, 0.05) is 25.1 Å². The summed E-state index contributed by atoms with van der Waals surface area (Å²) in [6, 6.07) is 4.22. The molecular weight excluding hydrogens is 538 g/mol. The molecule has 1 aromatic rings. The number of hydrogen-bond donors (Lipinski definition) is 1. The van der Waals surface area contributed by atoms with Crippen molar-refractivity contribution in [2.75, 3.05) is 39.3 Å². The van der Waals surface area contributed by atoms with Crippen LogP contribution < -0.4 is 4.74 Å². The van der Waals surface area contributed by atoms with Crippen molar-refractivity contribution in [1.29, 1.82) is 0 Å². The van der Waals surface area contributed by atoms with Gasteiger partial charge in [-0.05, 0) is 102 Å². The van der Waals surface area contributed by atoms with Gasteiger partial charge < -0.3 is 14.7 Å². The highest BCUT2D eigenvalue weighted by Crippen LogP contribution is 2.50. The normalized spacial score (nSPS) is 26.9. The first-order valence-corrected chi connectivity index (χ1v) is 14.3. The van der Waals surface area contributed by atoms with Crippen LogP contribution in [0.1, 0.15) is 69.2 Å². The van der Waals surface area contributed by atoms with Crippen molar-refractivity contribution in [1.82, 2.24) is 9.80 Å². The van der Waals surface area contributed by atoms with Crippen molar-refractivity contribution in [3.8, 4) is 5.75 Å². The number of hydrogen-bond acceptors (Lipinski definition) is 4. The molecule has 3 aliphatic rings. The molecule has 1 amide bonds. The molecule has 2 aliphatic heterocycles. The molecule has 40 heavy (non-hydrogen) atoms. The highest BCUT2D eigenvalue weighted by molar-refractivity contribution is 5.94. The zero-order chi connectivity index (χ0) is 29.3. The second kappa shape index (κ2) is 12.1. The van der Waals surface area contributed by atoms with Crippen LogP contribution in [0.3, 0.4) is 0 Å². The summed E-state index contributed by atoms with van der Waals surface area (Å²) < 4.78 is 85.2. The minimum Gasteiger partial charge on any atom is -0.493 e. The first-order chi connectivity index (χ1) is 18.7. The predicted molar refractivity (Wildman–Crippen MR) is 138 cm³/mol. The standard InChI is InChI=1S/C29H40F6N2O3/c1-27(2,39)21-6-4-12-37(17-21)26(38)23-8-7-22(16-25(23)30)40-14-10-20-15-24(20)19-5-3-11-36(13-9-19)18-28(31,32)29(33,34)35/h7-8,16,19-21,24,39H,3-6,9-15,17-18H2,1-2H3/t19?,20-,21?,24-/m1/s1. The van der Waals surface area contributed by atoms with Crippen LogP contribution in [0.5, 0.6) is 5.75 Å². The van der Waals surface area contributed by atoms with E-state index in [1.54, 1.807) is 24.8 Å². The number of halogens is 6. The molecule has 2 heterocycles. The number of benzene rings is 1. The molecule has 2 unspecified atom stereocenters. The predicted octanol–water partition coefficient (Wildman–Crippen LogP) is 6.15. The Kier molecular flexibility index (Phi) is 9.34. The van der Waals surface area contributed by atoms with Gasteiger partial charge in [-0.15, -0.1) is 0 Å². The Morgan fingerprint density at radius 3 is 2.45 bits per heavy atom. The third-order valence-electron chi connectivity index (χ3n) is 8.92. The molecule has 1 aliphatic carbocycles. The number of alkyl halides is 5. The lowest BCUT2D eigenvalue weighted by molar-refractivity contribution is -0.286. The number of piperidine rings is 1. The van der Waals surface area contributed by atoms with E-state index in [1.165, 1.54) is 17.0 Å². The molecule has 1 saturated carbocycles. The van der Waals surface area contributed by atoms with E-state index in [1.807, 2.05) is 0 Å². The minimum atomic E-state index is -5.53. The van der Waals surface area contributed by atoms with E-state index in [2.05, 4.69) is 0 Å². The summed E-state index contributed by atoms with van der Waals surface area (Å²) in [5.74, 6) is -4.41. The van der Waals surface area contributed by atoms with Gasteiger partial charge >= 0.3 is 12.1 Å². The largest absolute Gasteiger partial charge is 0.493 e. The van der Waals surface area contributed by atoms with Gasteiger partial charge in [-0.3, -0.25) is 9.69 Å². The van der Waals surface area contributed by atoms with Crippen molar-refractivity contribution in [3.63, 3.8) is 0 Å². The zero-order valence-electron chi connectivity index (χ0n) is 23.2. The second-order valence-electron chi connectivity index (χ2n) is 12.4. The van der Waals surface area contributed by atoms with Crippen molar-refractivity contribution in [2.24, 2.45) is 23.7 Å². The molecule has 0 radical (unpaired) electrons. The molecule has 0 aromatic heterocycles. The van der Waals surface area contributed by atoms with Gasteiger partial charge in [0.1, 0.15) is 11.6 Å². The third-order valence-corrected chi connectivity index (χ3v) is 8.92. The molecule has 2 saturated heterocycles.